The average Bonchev–Trinajstić information content (AvgIpc) is 2.47. The molecule has 1 saturated heterocycles. The number of benzene rings is 1. The largest absolute Gasteiger partial charge is 0.348 e. The predicted octanol–water partition coefficient (Wildman–Crippen LogP) is 3.28. The number of halogens is 3. The highest BCUT2D eigenvalue weighted by Gasteiger charge is 2.21. The normalized spacial score (nSPS) is 19.7. The van der Waals surface area contributed by atoms with Crippen LogP contribution in [0.15, 0.2) is 18.2 Å². The van der Waals surface area contributed by atoms with Crippen LogP contribution in [0, 0.1) is 0 Å². The molecule has 2 unspecified atom stereocenters. The third kappa shape index (κ3) is 6.12. The lowest BCUT2D eigenvalue weighted by Crippen LogP contribution is -2.48. The zero-order valence-electron chi connectivity index (χ0n) is 13.4. The topological polar surface area (TPSA) is 44.4 Å². The summed E-state index contributed by atoms with van der Waals surface area (Å²) in [6.07, 6.45) is 2.29. The van der Waals surface area contributed by atoms with Crippen LogP contribution < -0.4 is 10.6 Å². The van der Waals surface area contributed by atoms with Crippen LogP contribution in [0.25, 0.3) is 0 Å². The summed E-state index contributed by atoms with van der Waals surface area (Å²) in [6.45, 7) is 4.25. The molecule has 0 bridgehead atoms. The molecule has 130 valence electrons. The molecule has 0 saturated carbocycles. The van der Waals surface area contributed by atoms with Crippen LogP contribution in [0.5, 0.6) is 0 Å². The summed E-state index contributed by atoms with van der Waals surface area (Å²) in [5.74, 6) is 0.0234. The van der Waals surface area contributed by atoms with E-state index < -0.39 is 0 Å². The van der Waals surface area contributed by atoms with Gasteiger partial charge < -0.3 is 10.6 Å². The lowest BCUT2D eigenvalue weighted by molar-refractivity contribution is -0.123. The summed E-state index contributed by atoms with van der Waals surface area (Å²) in [7, 11) is 1.97. The smallest absolute Gasteiger partial charge is 0.234 e. The Morgan fingerprint density at radius 3 is 2.83 bits per heavy atom. The molecule has 7 heteroatoms. The van der Waals surface area contributed by atoms with E-state index in [1.807, 2.05) is 20.0 Å². The van der Waals surface area contributed by atoms with E-state index >= 15 is 0 Å². The monoisotopic (exact) mass is 379 g/mol. The van der Waals surface area contributed by atoms with E-state index in [2.05, 4.69) is 15.5 Å². The highest BCUT2D eigenvalue weighted by atomic mass is 35.5. The number of nitrogens with zero attached hydrogens (tertiary/aromatic N) is 1. The standard InChI is InChI=1S/C16H23Cl2N3O.ClH/c1-11(14-6-5-12(17)8-15(14)18)20-16(22)10-21-7-3-4-13(9-21)19-2;/h5-6,8,11,13,19H,3-4,7,9-10H2,1-2H3,(H,20,22);1H. The summed E-state index contributed by atoms with van der Waals surface area (Å²) in [6, 6.07) is 5.68. The molecule has 23 heavy (non-hydrogen) atoms. The van der Waals surface area contributed by atoms with Crippen molar-refractivity contribution in [2.45, 2.75) is 31.8 Å². The molecule has 1 amide bonds. The molecular formula is C16H24Cl3N3O. The molecule has 0 aromatic heterocycles. The van der Waals surface area contributed by atoms with Crippen LogP contribution in [0.3, 0.4) is 0 Å². The second kappa shape index (κ2) is 9.70. The zero-order valence-corrected chi connectivity index (χ0v) is 15.8. The highest BCUT2D eigenvalue weighted by Crippen LogP contribution is 2.26. The van der Waals surface area contributed by atoms with Gasteiger partial charge in [-0.15, -0.1) is 12.4 Å². The average molecular weight is 381 g/mol. The molecule has 1 fully saturated rings. The molecule has 0 spiro atoms. The quantitative estimate of drug-likeness (QED) is 0.824. The molecule has 4 nitrogen and oxygen atoms in total. The van der Waals surface area contributed by atoms with Gasteiger partial charge in [-0.1, -0.05) is 29.3 Å². The number of hydrogen-bond acceptors (Lipinski definition) is 3. The first kappa shape index (κ1) is 20.5. The van der Waals surface area contributed by atoms with E-state index in [0.717, 1.165) is 25.1 Å². The molecule has 1 aliphatic rings. The zero-order chi connectivity index (χ0) is 16.1. The van der Waals surface area contributed by atoms with Gasteiger partial charge in [-0.05, 0) is 51.1 Å². The summed E-state index contributed by atoms with van der Waals surface area (Å²) >= 11 is 12.1. The minimum atomic E-state index is -0.137. The van der Waals surface area contributed by atoms with Crippen molar-refractivity contribution in [2.24, 2.45) is 0 Å². The lowest BCUT2D eigenvalue weighted by atomic mass is 10.1. The number of carbonyl (C=O) groups is 1. The molecule has 2 N–H and O–H groups in total. The Morgan fingerprint density at radius 2 is 2.17 bits per heavy atom. The summed E-state index contributed by atoms with van der Waals surface area (Å²) in [5.41, 5.74) is 0.881. The third-order valence-electron chi connectivity index (χ3n) is 4.09. The maximum Gasteiger partial charge on any atom is 0.234 e. The predicted molar refractivity (Wildman–Crippen MR) is 98.8 cm³/mol. The molecule has 1 aromatic carbocycles. The summed E-state index contributed by atoms with van der Waals surface area (Å²) < 4.78 is 0. The van der Waals surface area contributed by atoms with Gasteiger partial charge in [0.15, 0.2) is 0 Å². The fraction of sp³-hybridized carbons (Fsp3) is 0.562. The van der Waals surface area contributed by atoms with Gasteiger partial charge in [-0.2, -0.15) is 0 Å². The number of rotatable bonds is 5. The van der Waals surface area contributed by atoms with Gasteiger partial charge in [-0.25, -0.2) is 0 Å². The Kier molecular flexibility index (Phi) is 8.65. The van der Waals surface area contributed by atoms with Crippen LogP contribution in [0.2, 0.25) is 10.0 Å². The Labute approximate surface area is 154 Å². The maximum atomic E-state index is 12.2. The molecule has 0 aliphatic carbocycles. The number of nitrogens with one attached hydrogen (secondary N) is 2. The molecule has 2 atom stereocenters. The van der Waals surface area contributed by atoms with Crippen LogP contribution in [-0.4, -0.2) is 43.5 Å². The van der Waals surface area contributed by atoms with Crippen molar-refractivity contribution >= 4 is 41.5 Å². The summed E-state index contributed by atoms with van der Waals surface area (Å²) in [5, 5.41) is 7.46. The van der Waals surface area contributed by atoms with Gasteiger partial charge in [0.2, 0.25) is 5.91 Å². The fourth-order valence-electron chi connectivity index (χ4n) is 2.86. The molecule has 0 radical (unpaired) electrons. The SMILES string of the molecule is CNC1CCCN(CC(=O)NC(C)c2ccc(Cl)cc2Cl)C1.Cl. The summed E-state index contributed by atoms with van der Waals surface area (Å²) in [4.78, 5) is 14.4. The van der Waals surface area contributed by atoms with E-state index in [4.69, 9.17) is 23.2 Å². The Morgan fingerprint density at radius 1 is 1.43 bits per heavy atom. The van der Waals surface area contributed by atoms with Gasteiger partial charge >= 0.3 is 0 Å². The molecule has 1 heterocycles. The highest BCUT2D eigenvalue weighted by molar-refractivity contribution is 6.35. The first-order chi connectivity index (χ1) is 10.5. The van der Waals surface area contributed by atoms with Crippen LogP contribution >= 0.6 is 35.6 Å². The molecular weight excluding hydrogens is 357 g/mol. The van der Waals surface area contributed by atoms with E-state index in [1.54, 1.807) is 12.1 Å². The molecule has 1 aliphatic heterocycles. The van der Waals surface area contributed by atoms with E-state index in [0.29, 0.717) is 22.6 Å². The lowest BCUT2D eigenvalue weighted by Gasteiger charge is -2.32. The number of likely N-dealkylation sites (tertiary alicyclic amines) is 1. The first-order valence-electron chi connectivity index (χ1n) is 7.63. The molecule has 1 aromatic rings. The number of carbonyl (C=O) groups excluding carboxylic acids is 1. The van der Waals surface area contributed by atoms with Crippen molar-refractivity contribution < 1.29 is 4.79 Å². The second-order valence-electron chi connectivity index (χ2n) is 5.82. The van der Waals surface area contributed by atoms with Crippen molar-refractivity contribution in [1.82, 2.24) is 15.5 Å². The van der Waals surface area contributed by atoms with Crippen molar-refractivity contribution in [3.8, 4) is 0 Å². The van der Waals surface area contributed by atoms with Crippen LogP contribution in [0.1, 0.15) is 31.4 Å². The Balaban J connectivity index is 0.00000264. The van der Waals surface area contributed by atoms with Crippen molar-refractivity contribution in [2.75, 3.05) is 26.7 Å². The first-order valence-corrected chi connectivity index (χ1v) is 8.39. The minimum absolute atomic E-state index is 0. The van der Waals surface area contributed by atoms with Crippen LogP contribution in [-0.2, 0) is 4.79 Å². The maximum absolute atomic E-state index is 12.2. The fourth-order valence-corrected chi connectivity index (χ4v) is 3.43. The minimum Gasteiger partial charge on any atom is -0.348 e. The van der Waals surface area contributed by atoms with Crippen molar-refractivity contribution in [3.63, 3.8) is 0 Å². The second-order valence-corrected chi connectivity index (χ2v) is 6.66. The number of piperidine rings is 1. The molecule has 2 rings (SSSR count). The van der Waals surface area contributed by atoms with Crippen molar-refractivity contribution in [1.29, 1.82) is 0 Å². The van der Waals surface area contributed by atoms with Crippen LogP contribution in [0.4, 0.5) is 0 Å². The van der Waals surface area contributed by atoms with Gasteiger partial charge in [0.05, 0.1) is 12.6 Å². The van der Waals surface area contributed by atoms with Gasteiger partial charge in [-0.3, -0.25) is 9.69 Å². The van der Waals surface area contributed by atoms with Crippen molar-refractivity contribution in [3.05, 3.63) is 33.8 Å². The third-order valence-corrected chi connectivity index (χ3v) is 4.65. The van der Waals surface area contributed by atoms with Gasteiger partial charge in [0.25, 0.3) is 0 Å². The number of amides is 1. The van der Waals surface area contributed by atoms with Gasteiger partial charge in [0.1, 0.15) is 0 Å². The number of likely N-dealkylation sites (N-methyl/N-ethyl adjacent to an activating group) is 1. The van der Waals surface area contributed by atoms with E-state index in [9.17, 15) is 4.79 Å². The van der Waals surface area contributed by atoms with E-state index in [1.165, 1.54) is 6.42 Å². The Bertz CT molecular complexity index is 527. The number of hydrogen-bond donors (Lipinski definition) is 2. The van der Waals surface area contributed by atoms with E-state index in [-0.39, 0.29) is 24.4 Å². The van der Waals surface area contributed by atoms with Gasteiger partial charge in [0, 0.05) is 22.6 Å². The Hall–Kier alpha value is -0.520.